The molecule has 1 aliphatic heterocycles. The fourth-order valence-electron chi connectivity index (χ4n) is 6.11. The van der Waals surface area contributed by atoms with Crippen LogP contribution in [0.4, 0.5) is 15.9 Å². The van der Waals surface area contributed by atoms with Crippen molar-refractivity contribution in [3.05, 3.63) is 99.8 Å². The Balaban J connectivity index is 1.12. The summed E-state index contributed by atoms with van der Waals surface area (Å²) in [7, 11) is 0. The topological polar surface area (TPSA) is 91.4 Å². The van der Waals surface area contributed by atoms with Crippen LogP contribution in [0.2, 0.25) is 0 Å². The number of carbonyl (C=O) groups is 3. The Kier molecular flexibility index (Phi) is 7.26. The number of thiophene rings is 1. The minimum atomic E-state index is -0.677. The molecule has 7 rings (SSSR count). The van der Waals surface area contributed by atoms with Crippen LogP contribution in [-0.4, -0.2) is 41.7 Å². The van der Waals surface area contributed by atoms with Crippen LogP contribution in [-0.2, 0) is 6.42 Å². The van der Waals surface area contributed by atoms with Crippen LogP contribution in [0.15, 0.2) is 66.9 Å². The molecule has 7 nitrogen and oxygen atoms in total. The SMILES string of the molecule is O=C(NC1CC1)c1cc2c(s1)-c1ccccc1C(C(=O)c1ccc(NC(=O)c3cccnc3N3CCCC3)cc1F)CC2. The van der Waals surface area contributed by atoms with E-state index in [9.17, 15) is 14.4 Å². The molecule has 1 unspecified atom stereocenters. The van der Waals surface area contributed by atoms with E-state index < -0.39 is 11.7 Å². The molecule has 0 spiro atoms. The first-order valence-corrected chi connectivity index (χ1v) is 15.7. The summed E-state index contributed by atoms with van der Waals surface area (Å²) >= 11 is 1.45. The van der Waals surface area contributed by atoms with Gasteiger partial charge in [0.05, 0.1) is 16.0 Å². The number of Topliss-reactive ketones (excluding diaryl/α,β-unsaturated/α-hetero) is 1. The number of fused-ring (bicyclic) bond motifs is 3. The quantitative estimate of drug-likeness (QED) is 0.235. The average Bonchev–Trinajstić information content (AvgIpc) is 3.51. The molecule has 1 saturated carbocycles. The van der Waals surface area contributed by atoms with E-state index in [2.05, 4.69) is 20.5 Å². The summed E-state index contributed by atoms with van der Waals surface area (Å²) < 4.78 is 15.5. The van der Waals surface area contributed by atoms with Crippen molar-refractivity contribution in [2.24, 2.45) is 0 Å². The number of halogens is 1. The lowest BCUT2D eigenvalue weighted by Crippen LogP contribution is -2.24. The standard InChI is InChI=1S/C34H31FN4O3S/c35-28-19-22(38-33(41)27-8-5-15-36-32(27)39-16-3-4-17-39)12-14-26(28)30(40)24-13-9-20-18-29(34(42)37-21-10-11-21)43-31(20)25-7-2-1-6-23(24)25/h1-2,5-8,12,14-15,18-19,21,24H,3-4,9-11,13,16-17H2,(H,37,42)(H,38,41). The summed E-state index contributed by atoms with van der Waals surface area (Å²) in [4.78, 5) is 47.9. The van der Waals surface area contributed by atoms with E-state index in [1.165, 1.54) is 23.5 Å². The van der Waals surface area contributed by atoms with Gasteiger partial charge in [0, 0.05) is 41.8 Å². The second-order valence-electron chi connectivity index (χ2n) is 11.5. The van der Waals surface area contributed by atoms with Gasteiger partial charge in [-0.15, -0.1) is 11.3 Å². The van der Waals surface area contributed by atoms with Gasteiger partial charge < -0.3 is 15.5 Å². The lowest BCUT2D eigenvalue weighted by Gasteiger charge is -2.19. The monoisotopic (exact) mass is 594 g/mol. The fraction of sp³-hybridized carbons (Fsp3) is 0.294. The molecule has 2 aromatic carbocycles. The Bertz CT molecular complexity index is 1740. The molecule has 218 valence electrons. The molecule has 0 bridgehead atoms. The van der Waals surface area contributed by atoms with Crippen LogP contribution >= 0.6 is 11.3 Å². The van der Waals surface area contributed by atoms with Crippen molar-refractivity contribution < 1.29 is 18.8 Å². The van der Waals surface area contributed by atoms with E-state index in [4.69, 9.17) is 0 Å². The van der Waals surface area contributed by atoms with E-state index in [0.717, 1.165) is 60.3 Å². The summed E-state index contributed by atoms with van der Waals surface area (Å²) in [6.07, 6.45) is 6.93. The maximum absolute atomic E-state index is 15.5. The van der Waals surface area contributed by atoms with Crippen molar-refractivity contribution in [1.29, 1.82) is 0 Å². The predicted octanol–water partition coefficient (Wildman–Crippen LogP) is 6.61. The van der Waals surface area contributed by atoms with Gasteiger partial charge in [-0.3, -0.25) is 14.4 Å². The van der Waals surface area contributed by atoms with Crippen LogP contribution in [0.3, 0.4) is 0 Å². The molecule has 1 saturated heterocycles. The van der Waals surface area contributed by atoms with Crippen LogP contribution in [0, 0.1) is 5.82 Å². The molecule has 3 aliphatic rings. The van der Waals surface area contributed by atoms with Crippen molar-refractivity contribution in [1.82, 2.24) is 10.3 Å². The number of nitrogens with one attached hydrogen (secondary N) is 2. The van der Waals surface area contributed by atoms with Gasteiger partial charge in [-0.1, -0.05) is 24.3 Å². The zero-order chi connectivity index (χ0) is 29.5. The lowest BCUT2D eigenvalue weighted by atomic mass is 9.86. The smallest absolute Gasteiger partial charge is 0.261 e. The maximum Gasteiger partial charge on any atom is 0.261 e. The van der Waals surface area contributed by atoms with Crippen molar-refractivity contribution in [2.45, 2.75) is 50.5 Å². The van der Waals surface area contributed by atoms with E-state index in [1.54, 1.807) is 24.4 Å². The third-order valence-corrected chi connectivity index (χ3v) is 9.68. The van der Waals surface area contributed by atoms with Crippen molar-refractivity contribution in [3.8, 4) is 10.4 Å². The van der Waals surface area contributed by atoms with Crippen molar-refractivity contribution in [2.75, 3.05) is 23.3 Å². The predicted molar refractivity (Wildman–Crippen MR) is 166 cm³/mol. The number of aryl methyl sites for hydroxylation is 1. The lowest BCUT2D eigenvalue weighted by molar-refractivity contribution is 0.0944. The van der Waals surface area contributed by atoms with E-state index in [0.29, 0.717) is 29.1 Å². The van der Waals surface area contributed by atoms with Crippen LogP contribution < -0.4 is 15.5 Å². The Morgan fingerprint density at radius 3 is 2.51 bits per heavy atom. The molecule has 2 N–H and O–H groups in total. The van der Waals surface area contributed by atoms with E-state index in [1.807, 2.05) is 30.3 Å². The molecule has 2 fully saturated rings. The Labute approximate surface area is 253 Å². The number of carbonyl (C=O) groups excluding carboxylic acids is 3. The number of rotatable bonds is 7. The minimum absolute atomic E-state index is 0.00769. The van der Waals surface area contributed by atoms with Gasteiger partial charge in [0.25, 0.3) is 11.8 Å². The fourth-order valence-corrected chi connectivity index (χ4v) is 7.27. The highest BCUT2D eigenvalue weighted by Crippen LogP contribution is 2.44. The number of hydrogen-bond acceptors (Lipinski definition) is 6. The molecule has 3 heterocycles. The zero-order valence-electron chi connectivity index (χ0n) is 23.6. The third kappa shape index (κ3) is 5.45. The molecule has 4 aromatic rings. The highest BCUT2D eigenvalue weighted by atomic mass is 32.1. The molecule has 9 heteroatoms. The largest absolute Gasteiger partial charge is 0.356 e. The number of ketones is 1. The Hall–Kier alpha value is -4.37. The van der Waals surface area contributed by atoms with Crippen molar-refractivity contribution >= 4 is 40.4 Å². The average molecular weight is 595 g/mol. The van der Waals surface area contributed by atoms with Crippen LogP contribution in [0.25, 0.3) is 10.4 Å². The zero-order valence-corrected chi connectivity index (χ0v) is 24.4. The van der Waals surface area contributed by atoms with E-state index >= 15 is 4.39 Å². The first-order valence-electron chi connectivity index (χ1n) is 14.8. The number of hydrogen-bond donors (Lipinski definition) is 2. The normalized spacial score (nSPS) is 17.5. The molecule has 43 heavy (non-hydrogen) atoms. The van der Waals surface area contributed by atoms with Gasteiger partial charge in [-0.2, -0.15) is 0 Å². The van der Waals surface area contributed by atoms with Crippen LogP contribution in [0.1, 0.15) is 79.5 Å². The number of benzene rings is 2. The van der Waals surface area contributed by atoms with Crippen LogP contribution in [0.5, 0.6) is 0 Å². The molecule has 2 amide bonds. The number of aromatic nitrogens is 1. The first-order chi connectivity index (χ1) is 21.0. The number of pyridine rings is 1. The first kappa shape index (κ1) is 27.5. The highest BCUT2D eigenvalue weighted by Gasteiger charge is 2.32. The Morgan fingerprint density at radius 1 is 0.907 bits per heavy atom. The summed E-state index contributed by atoms with van der Waals surface area (Å²) in [5.41, 5.74) is 3.49. The number of amides is 2. The second-order valence-corrected chi connectivity index (χ2v) is 12.5. The summed E-state index contributed by atoms with van der Waals surface area (Å²) in [6.45, 7) is 1.69. The molecular formula is C34H31FN4O3S. The van der Waals surface area contributed by atoms with Gasteiger partial charge in [-0.25, -0.2) is 9.37 Å². The molecule has 1 atom stereocenters. The maximum atomic E-state index is 15.5. The molecule has 0 radical (unpaired) electrons. The van der Waals surface area contributed by atoms with Gasteiger partial charge in [0.2, 0.25) is 0 Å². The summed E-state index contributed by atoms with van der Waals surface area (Å²) in [5, 5.41) is 5.84. The highest BCUT2D eigenvalue weighted by molar-refractivity contribution is 7.17. The number of anilines is 2. The number of nitrogens with zero attached hydrogens (tertiary/aromatic N) is 2. The van der Waals surface area contributed by atoms with Gasteiger partial charge >= 0.3 is 0 Å². The summed E-state index contributed by atoms with van der Waals surface area (Å²) in [5.74, 6) is -1.30. The van der Waals surface area contributed by atoms with E-state index in [-0.39, 0.29) is 34.9 Å². The van der Waals surface area contributed by atoms with Gasteiger partial charge in [-0.05, 0) is 91.6 Å². The molecule has 2 aliphatic carbocycles. The molecule has 2 aromatic heterocycles. The minimum Gasteiger partial charge on any atom is -0.356 e. The molecular weight excluding hydrogens is 563 g/mol. The second kappa shape index (κ2) is 11.4. The Morgan fingerprint density at radius 2 is 1.72 bits per heavy atom. The van der Waals surface area contributed by atoms with Gasteiger partial charge in [0.15, 0.2) is 5.78 Å². The van der Waals surface area contributed by atoms with Crippen molar-refractivity contribution in [3.63, 3.8) is 0 Å². The third-order valence-electron chi connectivity index (χ3n) is 8.47. The summed E-state index contributed by atoms with van der Waals surface area (Å²) in [6, 6.07) is 17.6. The van der Waals surface area contributed by atoms with Gasteiger partial charge in [0.1, 0.15) is 11.6 Å².